The van der Waals surface area contributed by atoms with Crippen molar-refractivity contribution < 1.29 is 9.53 Å². The van der Waals surface area contributed by atoms with E-state index in [1.165, 1.54) is 6.92 Å². The number of rotatable bonds is 3. The number of Topliss-reactive ketones (excluding diaryl/α,β-unsaturated/α-hetero) is 1. The van der Waals surface area contributed by atoms with E-state index in [1.54, 1.807) is 4.57 Å². The smallest absolute Gasteiger partial charge is 0.262 e. The molecule has 1 aromatic carbocycles. The van der Waals surface area contributed by atoms with Gasteiger partial charge in [0.05, 0.1) is 17.5 Å². The van der Waals surface area contributed by atoms with Crippen LogP contribution in [0, 0.1) is 6.92 Å². The molecule has 128 valence electrons. The Bertz CT molecular complexity index is 833. The number of carbonyl (C=O) groups is 1. The lowest BCUT2D eigenvalue weighted by atomic mass is 10.0. The maximum absolute atomic E-state index is 13.0. The highest BCUT2D eigenvalue weighted by atomic mass is 16.5. The fourth-order valence-electron chi connectivity index (χ4n) is 3.20. The van der Waals surface area contributed by atoms with Gasteiger partial charge in [-0.1, -0.05) is 0 Å². The van der Waals surface area contributed by atoms with E-state index in [-0.39, 0.29) is 11.3 Å². The van der Waals surface area contributed by atoms with E-state index in [2.05, 4.69) is 4.90 Å². The first-order valence-corrected chi connectivity index (χ1v) is 8.41. The normalized spacial score (nSPS) is 15.5. The second-order valence-corrected chi connectivity index (χ2v) is 6.18. The molecule has 1 saturated heterocycles. The van der Waals surface area contributed by atoms with Crippen LogP contribution in [-0.2, 0) is 11.3 Å². The summed E-state index contributed by atoms with van der Waals surface area (Å²) in [6, 6.07) is 3.63. The van der Waals surface area contributed by atoms with E-state index in [1.807, 2.05) is 26.0 Å². The van der Waals surface area contributed by atoms with Crippen molar-refractivity contribution in [2.45, 2.75) is 33.7 Å². The second kappa shape index (κ2) is 6.73. The summed E-state index contributed by atoms with van der Waals surface area (Å²) in [5.74, 6) is 0.557. The van der Waals surface area contributed by atoms with Gasteiger partial charge in [0.25, 0.3) is 5.56 Å². The summed E-state index contributed by atoms with van der Waals surface area (Å²) in [4.78, 5) is 31.9. The van der Waals surface area contributed by atoms with Crippen LogP contribution < -0.4 is 10.5 Å². The van der Waals surface area contributed by atoms with Crippen LogP contribution in [0.1, 0.15) is 36.2 Å². The Balaban J connectivity index is 2.29. The predicted molar refractivity (Wildman–Crippen MR) is 94.1 cm³/mol. The molecule has 0 amide bonds. The third-order valence-corrected chi connectivity index (χ3v) is 4.38. The van der Waals surface area contributed by atoms with Crippen molar-refractivity contribution in [2.24, 2.45) is 0 Å². The fraction of sp³-hybridized carbons (Fsp3) is 0.500. The summed E-state index contributed by atoms with van der Waals surface area (Å²) >= 11 is 0. The molecule has 6 nitrogen and oxygen atoms in total. The van der Waals surface area contributed by atoms with Crippen molar-refractivity contribution in [3.05, 3.63) is 33.6 Å². The van der Waals surface area contributed by atoms with Crippen LogP contribution in [0.15, 0.2) is 16.9 Å². The molecule has 1 fully saturated rings. The number of ketones is 1. The Morgan fingerprint density at radius 3 is 2.79 bits per heavy atom. The lowest BCUT2D eigenvalue weighted by molar-refractivity contribution is 0.101. The van der Waals surface area contributed by atoms with Crippen LogP contribution in [0.25, 0.3) is 10.9 Å². The number of carbonyl (C=O) groups excluding carboxylic acids is 1. The standard InChI is InChI=1S/C18H23N3O3/c1-4-21-17(23)15-11-12(2)10-14(13(3)22)16(15)19-18(21)20-6-5-8-24-9-7-20/h10-11H,4-9H2,1-3H3. The lowest BCUT2D eigenvalue weighted by Crippen LogP contribution is -2.34. The quantitative estimate of drug-likeness (QED) is 0.808. The minimum atomic E-state index is -0.0890. The van der Waals surface area contributed by atoms with Gasteiger partial charge in [-0.25, -0.2) is 4.98 Å². The van der Waals surface area contributed by atoms with E-state index in [0.717, 1.165) is 25.1 Å². The number of aromatic nitrogens is 2. The van der Waals surface area contributed by atoms with Crippen LogP contribution >= 0.6 is 0 Å². The first-order valence-electron chi connectivity index (χ1n) is 8.41. The van der Waals surface area contributed by atoms with Crippen molar-refractivity contribution in [2.75, 3.05) is 31.2 Å². The number of hydrogen-bond donors (Lipinski definition) is 0. The van der Waals surface area contributed by atoms with E-state index in [9.17, 15) is 9.59 Å². The number of fused-ring (bicyclic) bond motifs is 1. The molecule has 2 heterocycles. The van der Waals surface area contributed by atoms with E-state index in [4.69, 9.17) is 9.72 Å². The Morgan fingerprint density at radius 2 is 2.08 bits per heavy atom. The van der Waals surface area contributed by atoms with Crippen molar-refractivity contribution in [3.8, 4) is 0 Å². The van der Waals surface area contributed by atoms with Crippen LogP contribution in [-0.4, -0.2) is 41.6 Å². The average Bonchev–Trinajstić information content (AvgIpc) is 2.83. The zero-order valence-corrected chi connectivity index (χ0v) is 14.5. The molecule has 0 bridgehead atoms. The van der Waals surface area contributed by atoms with Gasteiger partial charge in [-0.15, -0.1) is 0 Å². The summed E-state index contributed by atoms with van der Waals surface area (Å²) in [5.41, 5.74) is 1.82. The third kappa shape index (κ3) is 2.94. The van der Waals surface area contributed by atoms with Crippen molar-refractivity contribution >= 4 is 22.6 Å². The highest BCUT2D eigenvalue weighted by Crippen LogP contribution is 2.21. The molecule has 1 aliphatic rings. The molecule has 24 heavy (non-hydrogen) atoms. The monoisotopic (exact) mass is 329 g/mol. The van der Waals surface area contributed by atoms with E-state index in [0.29, 0.717) is 42.1 Å². The number of hydrogen-bond acceptors (Lipinski definition) is 5. The first-order chi connectivity index (χ1) is 11.5. The zero-order chi connectivity index (χ0) is 17.3. The molecule has 6 heteroatoms. The molecule has 3 rings (SSSR count). The number of anilines is 1. The average molecular weight is 329 g/mol. The van der Waals surface area contributed by atoms with Crippen LogP contribution in [0.2, 0.25) is 0 Å². The first kappa shape index (κ1) is 16.6. The van der Waals surface area contributed by atoms with E-state index < -0.39 is 0 Å². The molecule has 0 aliphatic carbocycles. The second-order valence-electron chi connectivity index (χ2n) is 6.18. The summed E-state index contributed by atoms with van der Waals surface area (Å²) < 4.78 is 7.20. The summed E-state index contributed by atoms with van der Waals surface area (Å²) in [6.07, 6.45) is 0.894. The summed E-state index contributed by atoms with van der Waals surface area (Å²) in [7, 11) is 0. The van der Waals surface area contributed by atoms with Gasteiger partial charge in [0, 0.05) is 31.8 Å². The Hall–Kier alpha value is -2.21. The van der Waals surface area contributed by atoms with Gasteiger partial charge in [-0.05, 0) is 44.9 Å². The van der Waals surface area contributed by atoms with Crippen LogP contribution in [0.3, 0.4) is 0 Å². The molecule has 0 saturated carbocycles. The molecule has 2 aromatic rings. The maximum Gasteiger partial charge on any atom is 0.262 e. The highest BCUT2D eigenvalue weighted by Gasteiger charge is 2.20. The van der Waals surface area contributed by atoms with Gasteiger partial charge in [0.2, 0.25) is 5.95 Å². The number of benzene rings is 1. The number of nitrogens with zero attached hydrogens (tertiary/aromatic N) is 3. The van der Waals surface area contributed by atoms with Gasteiger partial charge in [-0.2, -0.15) is 0 Å². The predicted octanol–water partition coefficient (Wildman–Crippen LogP) is 2.15. The highest BCUT2D eigenvalue weighted by molar-refractivity contribution is 6.05. The molecular formula is C18H23N3O3. The lowest BCUT2D eigenvalue weighted by Gasteiger charge is -2.24. The van der Waals surface area contributed by atoms with Gasteiger partial charge < -0.3 is 9.64 Å². The fourth-order valence-corrected chi connectivity index (χ4v) is 3.20. The summed E-state index contributed by atoms with van der Waals surface area (Å²) in [6.45, 7) is 8.70. The minimum Gasteiger partial charge on any atom is -0.380 e. The zero-order valence-electron chi connectivity index (χ0n) is 14.5. The molecular weight excluding hydrogens is 306 g/mol. The van der Waals surface area contributed by atoms with Gasteiger partial charge >= 0.3 is 0 Å². The minimum absolute atomic E-state index is 0.0741. The molecule has 0 spiro atoms. The third-order valence-electron chi connectivity index (χ3n) is 4.38. The van der Waals surface area contributed by atoms with Crippen molar-refractivity contribution in [3.63, 3.8) is 0 Å². The topological polar surface area (TPSA) is 64.4 Å². The molecule has 0 N–H and O–H groups in total. The van der Waals surface area contributed by atoms with Crippen molar-refractivity contribution in [1.82, 2.24) is 9.55 Å². The SMILES string of the molecule is CCn1c(N2CCCOCC2)nc2c(C(C)=O)cc(C)cc2c1=O. The summed E-state index contributed by atoms with van der Waals surface area (Å²) in [5, 5.41) is 0.511. The largest absolute Gasteiger partial charge is 0.380 e. The Labute approximate surface area is 141 Å². The van der Waals surface area contributed by atoms with Gasteiger partial charge in [0.1, 0.15) is 0 Å². The van der Waals surface area contributed by atoms with Gasteiger partial charge in [0.15, 0.2) is 5.78 Å². The molecule has 0 unspecified atom stereocenters. The molecule has 1 aliphatic heterocycles. The Kier molecular flexibility index (Phi) is 4.66. The molecule has 1 aromatic heterocycles. The molecule has 0 radical (unpaired) electrons. The van der Waals surface area contributed by atoms with Crippen LogP contribution in [0.4, 0.5) is 5.95 Å². The Morgan fingerprint density at radius 1 is 1.29 bits per heavy atom. The maximum atomic E-state index is 13.0. The number of ether oxygens (including phenoxy) is 1. The van der Waals surface area contributed by atoms with Crippen molar-refractivity contribution in [1.29, 1.82) is 0 Å². The van der Waals surface area contributed by atoms with Gasteiger partial charge in [-0.3, -0.25) is 14.2 Å². The van der Waals surface area contributed by atoms with E-state index >= 15 is 0 Å². The van der Waals surface area contributed by atoms with Crippen LogP contribution in [0.5, 0.6) is 0 Å². The number of aryl methyl sites for hydroxylation is 1. The molecule has 0 atom stereocenters.